The molecule has 0 bridgehead atoms. The zero-order valence-electron chi connectivity index (χ0n) is 11.6. The molecule has 0 aliphatic carbocycles. The van der Waals surface area contributed by atoms with Crippen molar-refractivity contribution in [2.75, 3.05) is 0 Å². The van der Waals surface area contributed by atoms with Crippen molar-refractivity contribution in [2.45, 2.75) is 54.4 Å². The van der Waals surface area contributed by atoms with Gasteiger partial charge >= 0.3 is 0 Å². The number of carbonyl (C=O) groups is 1. The van der Waals surface area contributed by atoms with Crippen LogP contribution in [0.4, 0.5) is 0 Å². The first-order valence-corrected chi connectivity index (χ1v) is 5.93. The maximum absolute atomic E-state index is 11.8. The van der Waals surface area contributed by atoms with Gasteiger partial charge in [-0.15, -0.1) is 0 Å². The lowest BCUT2D eigenvalue weighted by atomic mass is 9.89. The summed E-state index contributed by atoms with van der Waals surface area (Å²) in [5.74, 6) is 1.21. The Kier molecular flexibility index (Phi) is 3.74. The number of nitrogens with zero attached hydrogens (tertiary/aromatic N) is 2. The molecule has 0 atom stereocenters. The summed E-state index contributed by atoms with van der Waals surface area (Å²) in [7, 11) is 0. The third-order valence-electron chi connectivity index (χ3n) is 2.35. The number of ketones is 1. The van der Waals surface area contributed by atoms with E-state index in [1.165, 1.54) is 0 Å². The van der Waals surface area contributed by atoms with Crippen LogP contribution in [0.3, 0.4) is 0 Å². The summed E-state index contributed by atoms with van der Waals surface area (Å²) in [6, 6.07) is 0. The zero-order valence-corrected chi connectivity index (χ0v) is 11.6. The van der Waals surface area contributed by atoms with Crippen LogP contribution in [0.5, 0.6) is 0 Å². The number of aromatic nitrogens is 2. The summed E-state index contributed by atoms with van der Waals surface area (Å²) in [4.78, 5) is 16.1. The second-order valence-electron chi connectivity index (χ2n) is 6.69. The normalized spacial score (nSPS) is 12.8. The number of carbonyl (C=O) groups excluding carboxylic acids is 1. The molecular weight excluding hydrogens is 216 g/mol. The summed E-state index contributed by atoms with van der Waals surface area (Å²) in [5.41, 5.74) is -0.242. The maximum atomic E-state index is 11.8. The average Bonchev–Trinajstić information content (AvgIpc) is 2.47. The van der Waals surface area contributed by atoms with Gasteiger partial charge in [0.05, 0.1) is 6.42 Å². The predicted octanol–water partition coefficient (Wildman–Crippen LogP) is 2.82. The van der Waals surface area contributed by atoms with Crippen LogP contribution in [-0.2, 0) is 17.6 Å². The second kappa shape index (κ2) is 4.59. The van der Waals surface area contributed by atoms with Crippen molar-refractivity contribution in [3.63, 3.8) is 0 Å². The monoisotopic (exact) mass is 238 g/mol. The third-order valence-corrected chi connectivity index (χ3v) is 2.35. The van der Waals surface area contributed by atoms with Crippen LogP contribution in [-0.4, -0.2) is 15.9 Å². The molecule has 0 amide bonds. The van der Waals surface area contributed by atoms with E-state index in [1.54, 1.807) is 0 Å². The Morgan fingerprint density at radius 1 is 1.18 bits per heavy atom. The van der Waals surface area contributed by atoms with E-state index in [9.17, 15) is 4.79 Å². The fraction of sp³-hybridized carbons (Fsp3) is 0.769. The summed E-state index contributed by atoms with van der Waals surface area (Å²) in [6.45, 7) is 12.0. The fourth-order valence-corrected chi connectivity index (χ4v) is 1.31. The molecule has 96 valence electrons. The molecule has 4 heteroatoms. The van der Waals surface area contributed by atoms with Crippen LogP contribution in [0, 0.1) is 10.8 Å². The highest BCUT2D eigenvalue weighted by Gasteiger charge is 2.24. The van der Waals surface area contributed by atoms with Crippen molar-refractivity contribution in [2.24, 2.45) is 10.8 Å². The minimum atomic E-state index is -0.362. The topological polar surface area (TPSA) is 56.0 Å². The van der Waals surface area contributed by atoms with Crippen LogP contribution < -0.4 is 0 Å². The van der Waals surface area contributed by atoms with Crippen molar-refractivity contribution >= 4 is 5.78 Å². The standard InChI is InChI=1S/C13H22N2O2/c1-12(2,3)8-10-14-11(17-15-10)7-9(16)13(4,5)6/h7-8H2,1-6H3. The Bertz CT molecular complexity index is 394. The molecule has 0 aromatic carbocycles. The maximum Gasteiger partial charge on any atom is 0.234 e. The van der Waals surface area contributed by atoms with Gasteiger partial charge in [-0.05, 0) is 5.41 Å². The molecule has 4 nitrogen and oxygen atoms in total. The highest BCUT2D eigenvalue weighted by atomic mass is 16.5. The van der Waals surface area contributed by atoms with Crippen LogP contribution in [0.1, 0.15) is 53.3 Å². The largest absolute Gasteiger partial charge is 0.339 e. The van der Waals surface area contributed by atoms with Gasteiger partial charge in [-0.25, -0.2) is 0 Å². The fourth-order valence-electron chi connectivity index (χ4n) is 1.31. The Labute approximate surface area is 103 Å². The smallest absolute Gasteiger partial charge is 0.234 e. The number of hydrogen-bond acceptors (Lipinski definition) is 4. The van der Waals surface area contributed by atoms with E-state index in [0.717, 1.165) is 6.42 Å². The molecule has 0 saturated heterocycles. The third kappa shape index (κ3) is 4.67. The molecule has 0 aliphatic rings. The summed E-state index contributed by atoms with van der Waals surface area (Å²) in [5, 5.41) is 3.90. The average molecular weight is 238 g/mol. The van der Waals surface area contributed by atoms with Crippen LogP contribution in [0.2, 0.25) is 0 Å². The van der Waals surface area contributed by atoms with Gasteiger partial charge in [-0.2, -0.15) is 4.98 Å². The van der Waals surface area contributed by atoms with Gasteiger partial charge in [0.25, 0.3) is 0 Å². The molecule has 0 N–H and O–H groups in total. The lowest BCUT2D eigenvalue weighted by Crippen LogP contribution is -2.22. The molecular formula is C13H22N2O2. The Hall–Kier alpha value is -1.19. The Morgan fingerprint density at radius 2 is 1.76 bits per heavy atom. The highest BCUT2D eigenvalue weighted by molar-refractivity contribution is 5.84. The Morgan fingerprint density at radius 3 is 2.24 bits per heavy atom. The van der Waals surface area contributed by atoms with Gasteiger partial charge in [0.15, 0.2) is 5.82 Å². The van der Waals surface area contributed by atoms with Gasteiger partial charge in [0.1, 0.15) is 5.78 Å². The van der Waals surface area contributed by atoms with E-state index < -0.39 is 0 Å². The molecule has 1 heterocycles. The van der Waals surface area contributed by atoms with Crippen LogP contribution in [0.15, 0.2) is 4.52 Å². The lowest BCUT2D eigenvalue weighted by Gasteiger charge is -2.15. The summed E-state index contributed by atoms with van der Waals surface area (Å²) < 4.78 is 5.09. The van der Waals surface area contributed by atoms with E-state index in [2.05, 4.69) is 30.9 Å². The van der Waals surface area contributed by atoms with Crippen molar-refractivity contribution in [1.29, 1.82) is 0 Å². The molecule has 0 spiro atoms. The molecule has 0 saturated carbocycles. The summed E-state index contributed by atoms with van der Waals surface area (Å²) >= 11 is 0. The van der Waals surface area contributed by atoms with E-state index in [0.29, 0.717) is 11.7 Å². The van der Waals surface area contributed by atoms with Gasteiger partial charge in [-0.1, -0.05) is 46.7 Å². The van der Waals surface area contributed by atoms with E-state index in [4.69, 9.17) is 4.52 Å². The Balaban J connectivity index is 2.67. The zero-order chi connectivity index (χ0) is 13.3. The molecule has 1 aromatic rings. The molecule has 17 heavy (non-hydrogen) atoms. The molecule has 0 radical (unpaired) electrons. The molecule has 1 rings (SSSR count). The van der Waals surface area contributed by atoms with Crippen LogP contribution in [0.25, 0.3) is 0 Å². The first-order valence-electron chi connectivity index (χ1n) is 5.93. The van der Waals surface area contributed by atoms with E-state index in [-0.39, 0.29) is 23.0 Å². The number of rotatable bonds is 3. The molecule has 0 unspecified atom stereocenters. The molecule has 1 aromatic heterocycles. The molecule has 0 aliphatic heterocycles. The van der Waals surface area contributed by atoms with Crippen molar-refractivity contribution in [3.8, 4) is 0 Å². The van der Waals surface area contributed by atoms with E-state index in [1.807, 2.05) is 20.8 Å². The first kappa shape index (κ1) is 13.9. The quantitative estimate of drug-likeness (QED) is 0.812. The first-order chi connectivity index (χ1) is 7.58. The molecule has 0 fully saturated rings. The number of hydrogen-bond donors (Lipinski definition) is 0. The van der Waals surface area contributed by atoms with Crippen LogP contribution >= 0.6 is 0 Å². The lowest BCUT2D eigenvalue weighted by molar-refractivity contribution is -0.125. The second-order valence-corrected chi connectivity index (χ2v) is 6.69. The minimum absolute atomic E-state index is 0.114. The SMILES string of the molecule is CC(C)(C)Cc1noc(CC(=O)C(C)(C)C)n1. The summed E-state index contributed by atoms with van der Waals surface area (Å²) in [6.07, 6.45) is 0.973. The van der Waals surface area contributed by atoms with Crippen molar-refractivity contribution in [3.05, 3.63) is 11.7 Å². The minimum Gasteiger partial charge on any atom is -0.339 e. The van der Waals surface area contributed by atoms with Gasteiger partial charge in [0, 0.05) is 11.8 Å². The van der Waals surface area contributed by atoms with Gasteiger partial charge in [-0.3, -0.25) is 4.79 Å². The van der Waals surface area contributed by atoms with Crippen molar-refractivity contribution in [1.82, 2.24) is 10.1 Å². The van der Waals surface area contributed by atoms with Gasteiger partial charge < -0.3 is 4.52 Å². The van der Waals surface area contributed by atoms with Gasteiger partial charge in [0.2, 0.25) is 5.89 Å². The van der Waals surface area contributed by atoms with Crippen molar-refractivity contribution < 1.29 is 9.32 Å². The number of Topliss-reactive ketones (excluding diaryl/α,β-unsaturated/α-hetero) is 1. The highest BCUT2D eigenvalue weighted by Crippen LogP contribution is 2.20. The van der Waals surface area contributed by atoms with E-state index >= 15 is 0 Å². The predicted molar refractivity (Wildman–Crippen MR) is 65.6 cm³/mol.